The number of imidazole rings is 1. The summed E-state index contributed by atoms with van der Waals surface area (Å²) in [5.41, 5.74) is 5.91. The maximum Gasteiger partial charge on any atom is 0.219 e. The maximum atomic E-state index is 13.6. The number of fused-ring (bicyclic) bond motifs is 1. The van der Waals surface area contributed by atoms with Gasteiger partial charge in [0.25, 0.3) is 0 Å². The predicted molar refractivity (Wildman–Crippen MR) is 80.1 cm³/mol. The van der Waals surface area contributed by atoms with Crippen molar-refractivity contribution in [3.8, 4) is 0 Å². The zero-order valence-electron chi connectivity index (χ0n) is 11.1. The van der Waals surface area contributed by atoms with Crippen LogP contribution in [-0.2, 0) is 16.2 Å². The summed E-state index contributed by atoms with van der Waals surface area (Å²) in [5, 5.41) is 0. The monoisotopic (exact) mass is 361 g/mol. The molecule has 0 aliphatic heterocycles. The molecule has 0 aliphatic carbocycles. The van der Waals surface area contributed by atoms with Crippen LogP contribution in [0.5, 0.6) is 0 Å². The lowest BCUT2D eigenvalue weighted by Gasteiger charge is -2.28. The number of alkyl halides is 1. The van der Waals surface area contributed by atoms with E-state index in [9.17, 15) is 9.18 Å². The molecule has 0 atom stereocenters. The van der Waals surface area contributed by atoms with Gasteiger partial charge in [0.15, 0.2) is 0 Å². The fourth-order valence-electron chi connectivity index (χ4n) is 2.39. The number of nitrogens with two attached hydrogens (primary N) is 1. The number of halogens is 3. The highest BCUT2D eigenvalue weighted by Gasteiger charge is 2.28. The Morgan fingerprint density at radius 2 is 2.20 bits per heavy atom. The van der Waals surface area contributed by atoms with E-state index in [2.05, 4.69) is 20.9 Å². The van der Waals surface area contributed by atoms with Crippen molar-refractivity contribution in [3.05, 3.63) is 28.2 Å². The lowest BCUT2D eigenvalue weighted by molar-refractivity contribution is -0.119. The molecule has 0 bridgehead atoms. The van der Waals surface area contributed by atoms with E-state index in [-0.39, 0.29) is 12.3 Å². The quantitative estimate of drug-likeness (QED) is 0.848. The minimum absolute atomic E-state index is 0.136. The van der Waals surface area contributed by atoms with Crippen LogP contribution in [0, 0.1) is 5.82 Å². The molecule has 0 saturated carbocycles. The van der Waals surface area contributed by atoms with Gasteiger partial charge in [0.05, 0.1) is 21.4 Å². The summed E-state index contributed by atoms with van der Waals surface area (Å²) in [6.45, 7) is 3.73. The molecule has 0 unspecified atom stereocenters. The van der Waals surface area contributed by atoms with Gasteiger partial charge in [-0.2, -0.15) is 0 Å². The van der Waals surface area contributed by atoms with Crippen LogP contribution < -0.4 is 5.73 Å². The average Bonchev–Trinajstić information content (AvgIpc) is 2.66. The second-order valence-corrected chi connectivity index (χ2v) is 6.33. The van der Waals surface area contributed by atoms with E-state index in [1.165, 1.54) is 6.07 Å². The van der Waals surface area contributed by atoms with Crippen molar-refractivity contribution in [2.45, 2.75) is 31.7 Å². The summed E-state index contributed by atoms with van der Waals surface area (Å²) >= 11 is 9.08. The fourth-order valence-corrected chi connectivity index (χ4v) is 2.90. The third-order valence-electron chi connectivity index (χ3n) is 3.10. The molecule has 1 aromatic heterocycles. The Morgan fingerprint density at radius 1 is 1.55 bits per heavy atom. The predicted octanol–water partition coefficient (Wildman–Crippen LogP) is 3.29. The minimum atomic E-state index is -0.595. The molecular weight excluding hydrogens is 349 g/mol. The second kappa shape index (κ2) is 5.33. The molecule has 1 aromatic carbocycles. The smallest absolute Gasteiger partial charge is 0.219 e. The lowest BCUT2D eigenvalue weighted by atomic mass is 9.99. The van der Waals surface area contributed by atoms with Crippen molar-refractivity contribution in [1.29, 1.82) is 0 Å². The number of amides is 1. The van der Waals surface area contributed by atoms with E-state index >= 15 is 0 Å². The normalized spacial score (nSPS) is 12.1. The van der Waals surface area contributed by atoms with Gasteiger partial charge in [-0.25, -0.2) is 9.37 Å². The molecule has 0 saturated heterocycles. The second-order valence-electron chi connectivity index (χ2n) is 5.21. The van der Waals surface area contributed by atoms with Crippen molar-refractivity contribution >= 4 is 44.5 Å². The third-order valence-corrected chi connectivity index (χ3v) is 3.94. The first-order valence-electron chi connectivity index (χ1n) is 5.97. The van der Waals surface area contributed by atoms with Crippen molar-refractivity contribution in [2.24, 2.45) is 5.73 Å². The molecule has 1 heterocycles. The Labute approximate surface area is 129 Å². The van der Waals surface area contributed by atoms with Gasteiger partial charge in [-0.3, -0.25) is 4.79 Å². The summed E-state index contributed by atoms with van der Waals surface area (Å²) in [4.78, 5) is 15.6. The zero-order valence-corrected chi connectivity index (χ0v) is 13.4. The molecule has 2 N–H and O–H groups in total. The first-order valence-corrected chi connectivity index (χ1v) is 7.30. The topological polar surface area (TPSA) is 60.9 Å². The van der Waals surface area contributed by atoms with Gasteiger partial charge in [0.2, 0.25) is 5.91 Å². The summed E-state index contributed by atoms with van der Waals surface area (Å²) in [7, 11) is 0. The molecule has 4 nitrogen and oxygen atoms in total. The highest BCUT2D eigenvalue weighted by Crippen LogP contribution is 2.31. The maximum absolute atomic E-state index is 13.6. The molecule has 0 spiro atoms. The molecule has 0 fully saturated rings. The molecule has 2 rings (SSSR count). The van der Waals surface area contributed by atoms with Crippen molar-refractivity contribution in [1.82, 2.24) is 9.55 Å². The Kier molecular flexibility index (Phi) is 4.07. The van der Waals surface area contributed by atoms with Crippen LogP contribution in [0.25, 0.3) is 11.0 Å². The van der Waals surface area contributed by atoms with Crippen LogP contribution in [0.1, 0.15) is 26.1 Å². The molecule has 0 aliphatic rings. The highest BCUT2D eigenvalue weighted by molar-refractivity contribution is 9.10. The molecule has 108 valence electrons. The van der Waals surface area contributed by atoms with Gasteiger partial charge >= 0.3 is 0 Å². The van der Waals surface area contributed by atoms with E-state index in [0.717, 1.165) is 0 Å². The molecular formula is C13H14BrClFN3O. The lowest BCUT2D eigenvalue weighted by Crippen LogP contribution is -2.33. The Morgan fingerprint density at radius 3 is 2.75 bits per heavy atom. The summed E-state index contributed by atoms with van der Waals surface area (Å²) in [6, 6.07) is 2.97. The standard InChI is InChI=1S/C13H14BrClFN3O/c1-13(2,5-11(17)20)19-10-3-7(14)8(16)4-9(10)18-12(19)6-15/h3-4H,5-6H2,1-2H3,(H2,17,20). The number of hydrogen-bond donors (Lipinski definition) is 1. The Hall–Kier alpha value is -1.14. The van der Waals surface area contributed by atoms with Gasteiger partial charge in [-0.1, -0.05) is 0 Å². The van der Waals surface area contributed by atoms with Gasteiger partial charge in [0, 0.05) is 18.0 Å². The van der Waals surface area contributed by atoms with Crippen LogP contribution in [0.4, 0.5) is 4.39 Å². The SMILES string of the molecule is CC(C)(CC(N)=O)n1c(CCl)nc2cc(F)c(Br)cc21. The number of nitrogens with zero attached hydrogens (tertiary/aromatic N) is 2. The molecule has 0 radical (unpaired) electrons. The first-order chi connectivity index (χ1) is 9.26. The molecule has 7 heteroatoms. The van der Waals surface area contributed by atoms with Gasteiger partial charge < -0.3 is 10.3 Å². The number of hydrogen-bond acceptors (Lipinski definition) is 2. The summed E-state index contributed by atoms with van der Waals surface area (Å²) in [5.74, 6) is -0.0734. The third kappa shape index (κ3) is 2.67. The van der Waals surface area contributed by atoms with Gasteiger partial charge in [-0.05, 0) is 35.8 Å². The largest absolute Gasteiger partial charge is 0.370 e. The van der Waals surface area contributed by atoms with Crippen LogP contribution in [0.15, 0.2) is 16.6 Å². The van der Waals surface area contributed by atoms with Crippen molar-refractivity contribution in [2.75, 3.05) is 0 Å². The number of carbonyl (C=O) groups excluding carboxylic acids is 1. The Balaban J connectivity index is 2.72. The van der Waals surface area contributed by atoms with Crippen LogP contribution in [0.3, 0.4) is 0 Å². The van der Waals surface area contributed by atoms with Crippen LogP contribution >= 0.6 is 27.5 Å². The van der Waals surface area contributed by atoms with Crippen molar-refractivity contribution in [3.63, 3.8) is 0 Å². The van der Waals surface area contributed by atoms with E-state index in [0.29, 0.717) is 21.3 Å². The number of aromatic nitrogens is 2. The first kappa shape index (κ1) is 15.3. The number of rotatable bonds is 4. The highest BCUT2D eigenvalue weighted by atomic mass is 79.9. The Bertz CT molecular complexity index is 684. The molecule has 2 aromatic rings. The van der Waals surface area contributed by atoms with E-state index in [4.69, 9.17) is 17.3 Å². The number of primary amides is 1. The molecule has 20 heavy (non-hydrogen) atoms. The number of benzene rings is 1. The fraction of sp³-hybridized carbons (Fsp3) is 0.385. The zero-order chi connectivity index (χ0) is 15.1. The van der Waals surface area contributed by atoms with Gasteiger partial charge in [-0.15, -0.1) is 11.6 Å². The van der Waals surface area contributed by atoms with Crippen LogP contribution in [-0.4, -0.2) is 15.5 Å². The molecule has 1 amide bonds. The van der Waals surface area contributed by atoms with Crippen LogP contribution in [0.2, 0.25) is 0 Å². The van der Waals surface area contributed by atoms with E-state index in [1.807, 2.05) is 18.4 Å². The number of carbonyl (C=O) groups is 1. The van der Waals surface area contributed by atoms with Crippen molar-refractivity contribution < 1.29 is 9.18 Å². The van der Waals surface area contributed by atoms with Gasteiger partial charge in [0.1, 0.15) is 11.6 Å². The van der Waals surface area contributed by atoms with E-state index in [1.54, 1.807) is 6.07 Å². The average molecular weight is 363 g/mol. The minimum Gasteiger partial charge on any atom is -0.370 e. The van der Waals surface area contributed by atoms with E-state index < -0.39 is 17.3 Å². The summed E-state index contributed by atoms with van der Waals surface area (Å²) in [6.07, 6.45) is 0.136. The summed E-state index contributed by atoms with van der Waals surface area (Å²) < 4.78 is 15.8.